The Balaban J connectivity index is 0.00000144. The van der Waals surface area contributed by atoms with Gasteiger partial charge in [-0.2, -0.15) is 0 Å². The molecule has 2 rings (SSSR count). The maximum atomic E-state index is 5.24. The number of hydrogen-bond donors (Lipinski definition) is 0. The summed E-state index contributed by atoms with van der Waals surface area (Å²) in [4.78, 5) is 8.62. The third-order valence-electron chi connectivity index (χ3n) is 2.28. The van der Waals surface area contributed by atoms with Crippen LogP contribution in [-0.2, 0) is 0 Å². The predicted molar refractivity (Wildman–Crippen MR) is 68.5 cm³/mol. The second-order valence-corrected chi connectivity index (χ2v) is 4.11. The molecule has 0 atom stereocenters. The predicted octanol–water partition coefficient (Wildman–Crippen LogP) is 0.368. The number of methoxy groups -OCH3 is 2. The molecule has 0 amide bonds. The van der Waals surface area contributed by atoms with Crippen LogP contribution in [0.25, 0.3) is 10.9 Å². The van der Waals surface area contributed by atoms with E-state index in [1.54, 1.807) is 14.2 Å². The van der Waals surface area contributed by atoms with Gasteiger partial charge in [-0.15, -0.1) is 0 Å². The van der Waals surface area contributed by atoms with Gasteiger partial charge in [0.05, 0.1) is 0 Å². The Morgan fingerprint density at radius 2 is 1.65 bits per heavy atom. The zero-order valence-electron chi connectivity index (χ0n) is 10.3. The van der Waals surface area contributed by atoms with Gasteiger partial charge in [0, 0.05) is 29.6 Å². The summed E-state index contributed by atoms with van der Waals surface area (Å²) in [5.74, 6) is 2.08. The number of aryl methyl sites for hydroxylation is 1. The molecule has 1 aromatic carbocycles. The largest absolute Gasteiger partial charge is 0 e. The second-order valence-electron chi connectivity index (χ2n) is 3.30. The maximum absolute atomic E-state index is 5.24. The fraction of sp³-hybridized carbons (Fsp3) is 0.273. The van der Waals surface area contributed by atoms with Gasteiger partial charge in [0.25, 0.3) is 0 Å². The normalized spacial score (nSPS) is 9.82. The Hall–Kier alpha value is -0.321. The molecule has 0 aliphatic carbocycles. The first kappa shape index (κ1) is 14.7. The fourth-order valence-electron chi connectivity index (χ4n) is 1.54. The van der Waals surface area contributed by atoms with Crippen LogP contribution in [0, 0.1) is 6.92 Å². The van der Waals surface area contributed by atoms with Crippen LogP contribution in [0.5, 0.6) is 11.5 Å². The van der Waals surface area contributed by atoms with Gasteiger partial charge in [0.2, 0.25) is 0 Å². The SMILES string of the molecule is COc1cc2nc(C)nc([Se])c2cc1OC.[Na]. The second kappa shape index (κ2) is 6.03. The van der Waals surface area contributed by atoms with Gasteiger partial charge in [-0.05, 0) is 0 Å². The van der Waals surface area contributed by atoms with E-state index in [9.17, 15) is 0 Å². The molecule has 0 spiro atoms. The van der Waals surface area contributed by atoms with Crippen LogP contribution in [0.2, 0.25) is 0 Å². The summed E-state index contributed by atoms with van der Waals surface area (Å²) in [5.41, 5.74) is 0.846. The molecule has 84 valence electrons. The van der Waals surface area contributed by atoms with E-state index < -0.39 is 0 Å². The van der Waals surface area contributed by atoms with Gasteiger partial charge in [-0.3, -0.25) is 0 Å². The van der Waals surface area contributed by atoms with E-state index in [4.69, 9.17) is 9.47 Å². The van der Waals surface area contributed by atoms with E-state index in [-0.39, 0.29) is 29.6 Å². The molecule has 0 unspecified atom stereocenters. The fourth-order valence-corrected chi connectivity index (χ4v) is 2.16. The van der Waals surface area contributed by atoms with Crippen molar-refractivity contribution < 1.29 is 9.47 Å². The van der Waals surface area contributed by atoms with E-state index in [1.165, 1.54) is 0 Å². The summed E-state index contributed by atoms with van der Waals surface area (Å²) in [5, 5.41) is 0.934. The molecule has 0 bridgehead atoms. The molecule has 0 saturated heterocycles. The summed E-state index contributed by atoms with van der Waals surface area (Å²) >= 11 is 2.93. The molecule has 0 aliphatic rings. The first-order valence-corrected chi connectivity index (χ1v) is 5.58. The molecule has 2 aromatic rings. The van der Waals surface area contributed by atoms with Crippen molar-refractivity contribution in [2.75, 3.05) is 14.2 Å². The van der Waals surface area contributed by atoms with Crippen LogP contribution in [0.4, 0.5) is 0 Å². The van der Waals surface area contributed by atoms with Crippen LogP contribution < -0.4 is 14.1 Å². The van der Waals surface area contributed by atoms with Gasteiger partial charge in [0.15, 0.2) is 0 Å². The Morgan fingerprint density at radius 3 is 2.24 bits per heavy atom. The minimum absolute atomic E-state index is 0. The van der Waals surface area contributed by atoms with Gasteiger partial charge in [-0.25, -0.2) is 0 Å². The number of hydrogen-bond acceptors (Lipinski definition) is 4. The van der Waals surface area contributed by atoms with Gasteiger partial charge in [0.1, 0.15) is 0 Å². The minimum atomic E-state index is 0. The maximum Gasteiger partial charge on any atom is 0 e. The Morgan fingerprint density at radius 1 is 1.06 bits per heavy atom. The zero-order valence-corrected chi connectivity index (χ0v) is 14.0. The van der Waals surface area contributed by atoms with Crippen LogP contribution >= 0.6 is 0 Å². The van der Waals surface area contributed by atoms with Crippen LogP contribution in [-0.4, -0.2) is 69.8 Å². The summed E-state index contributed by atoms with van der Waals surface area (Å²) in [7, 11) is 3.22. The van der Waals surface area contributed by atoms with E-state index in [0.29, 0.717) is 11.5 Å². The van der Waals surface area contributed by atoms with Gasteiger partial charge in [-0.1, -0.05) is 0 Å². The molecule has 0 aliphatic heterocycles. The number of ether oxygens (including phenoxy) is 2. The van der Waals surface area contributed by atoms with Crippen LogP contribution in [0.15, 0.2) is 12.1 Å². The third kappa shape index (κ3) is 2.92. The van der Waals surface area contributed by atoms with E-state index >= 15 is 0 Å². The van der Waals surface area contributed by atoms with Gasteiger partial charge < -0.3 is 0 Å². The first-order valence-electron chi connectivity index (χ1n) is 4.73. The molecule has 1 heterocycles. The summed E-state index contributed by atoms with van der Waals surface area (Å²) in [6.45, 7) is 1.86. The Labute approximate surface area is 130 Å². The molecule has 0 fully saturated rings. The van der Waals surface area contributed by atoms with Crippen molar-refractivity contribution in [2.45, 2.75) is 6.92 Å². The van der Waals surface area contributed by atoms with Crippen molar-refractivity contribution in [1.29, 1.82) is 0 Å². The van der Waals surface area contributed by atoms with Crippen LogP contribution in [0.1, 0.15) is 5.82 Å². The van der Waals surface area contributed by atoms with Crippen LogP contribution in [0.3, 0.4) is 0 Å². The third-order valence-corrected chi connectivity index (χ3v) is 2.93. The van der Waals surface area contributed by atoms with Crippen molar-refractivity contribution in [3.63, 3.8) is 0 Å². The smallest absolute Gasteiger partial charge is 0 e. The molecule has 4 nitrogen and oxygen atoms in total. The molecular formula is C11H11N2NaO2Se. The van der Waals surface area contributed by atoms with E-state index in [2.05, 4.69) is 26.0 Å². The van der Waals surface area contributed by atoms with Crippen molar-refractivity contribution in [2.24, 2.45) is 0 Å². The van der Waals surface area contributed by atoms with E-state index in [1.807, 2.05) is 19.1 Å². The molecule has 17 heavy (non-hydrogen) atoms. The summed E-state index contributed by atoms with van der Waals surface area (Å²) in [6, 6.07) is 3.73. The molecule has 2 radical (unpaired) electrons. The number of nitrogens with zero attached hydrogens (tertiary/aromatic N) is 2. The topological polar surface area (TPSA) is 44.2 Å². The Kier molecular flexibility index (Phi) is 5.22. The number of fused-ring (bicyclic) bond motifs is 1. The summed E-state index contributed by atoms with van der Waals surface area (Å²) in [6.07, 6.45) is 0. The monoisotopic (exact) mass is 306 g/mol. The molecule has 0 saturated carbocycles. The standard InChI is InChI=1S/C11H11N2O2Se.Na/c1-6-12-8-5-10(15-3)9(14-2)4-7(8)11(16)13-6;/h4-5H,1-3H3;. The Bertz CT molecular complexity index is 548. The van der Waals surface area contributed by atoms with Crippen molar-refractivity contribution in [1.82, 2.24) is 9.97 Å². The van der Waals surface area contributed by atoms with Crippen molar-refractivity contribution in [3.8, 4) is 11.5 Å². The average Bonchev–Trinajstić information content (AvgIpc) is 2.27. The molecule has 1 aromatic heterocycles. The first-order chi connectivity index (χ1) is 7.65. The average molecular weight is 305 g/mol. The number of benzene rings is 1. The number of aromatic nitrogens is 2. The summed E-state index contributed by atoms with van der Waals surface area (Å²) < 4.78 is 11.3. The quantitative estimate of drug-likeness (QED) is 0.752. The van der Waals surface area contributed by atoms with Gasteiger partial charge >= 0.3 is 102 Å². The molecule has 0 N–H and O–H groups in total. The zero-order chi connectivity index (χ0) is 11.7. The van der Waals surface area contributed by atoms with Crippen molar-refractivity contribution in [3.05, 3.63) is 18.0 Å². The van der Waals surface area contributed by atoms with E-state index in [0.717, 1.165) is 21.3 Å². The number of rotatable bonds is 2. The minimum Gasteiger partial charge on any atom is 0 e. The molecular weight excluding hydrogens is 294 g/mol. The van der Waals surface area contributed by atoms with Crippen molar-refractivity contribution >= 4 is 61.1 Å². The molecule has 6 heteroatoms.